The van der Waals surface area contributed by atoms with E-state index < -0.39 is 0 Å². The number of ketones is 1. The fourth-order valence-electron chi connectivity index (χ4n) is 0.985. The zero-order valence-electron chi connectivity index (χ0n) is 6.77. The summed E-state index contributed by atoms with van der Waals surface area (Å²) in [5.41, 5.74) is 1.14. The van der Waals surface area contributed by atoms with E-state index in [-0.39, 0.29) is 11.2 Å². The summed E-state index contributed by atoms with van der Waals surface area (Å²) in [6.45, 7) is 6.67. The van der Waals surface area contributed by atoms with Crippen LogP contribution in [0, 0.1) is 5.41 Å². The Morgan fingerprint density at radius 3 is 2.20 bits per heavy atom. The Morgan fingerprint density at radius 2 is 2.00 bits per heavy atom. The van der Waals surface area contributed by atoms with E-state index in [1.807, 2.05) is 0 Å². The van der Waals surface area contributed by atoms with Crippen LogP contribution in [-0.4, -0.2) is 18.0 Å². The van der Waals surface area contributed by atoms with Gasteiger partial charge in [0.15, 0.2) is 5.78 Å². The lowest BCUT2D eigenvalue weighted by molar-refractivity contribution is -0.116. The zero-order chi connectivity index (χ0) is 7.78. The predicted molar refractivity (Wildman–Crippen MR) is 41.4 cm³/mol. The molecule has 0 spiro atoms. The minimum absolute atomic E-state index is 0.0894. The SMILES string of the molecule is CC(C)(C)C1=NCC(=O)C1. The third-order valence-electron chi connectivity index (χ3n) is 1.68. The van der Waals surface area contributed by atoms with Gasteiger partial charge in [-0.05, 0) is 0 Å². The van der Waals surface area contributed by atoms with E-state index in [1.54, 1.807) is 0 Å². The Labute approximate surface area is 61.3 Å². The lowest BCUT2D eigenvalue weighted by Crippen LogP contribution is -2.18. The number of carbonyl (C=O) groups excluding carboxylic acids is 1. The highest BCUT2D eigenvalue weighted by Crippen LogP contribution is 2.21. The van der Waals surface area contributed by atoms with Gasteiger partial charge in [0.05, 0.1) is 6.54 Å². The van der Waals surface area contributed by atoms with Crippen LogP contribution in [0.25, 0.3) is 0 Å². The second-order valence-corrected chi connectivity index (χ2v) is 3.73. The number of aliphatic imine (C=N–C) groups is 1. The summed E-state index contributed by atoms with van der Waals surface area (Å²) in [6.07, 6.45) is 0.573. The maximum atomic E-state index is 10.8. The van der Waals surface area contributed by atoms with Gasteiger partial charge in [0.2, 0.25) is 0 Å². The molecular weight excluding hydrogens is 126 g/mol. The van der Waals surface area contributed by atoms with Crippen LogP contribution in [0.1, 0.15) is 27.2 Å². The summed E-state index contributed by atoms with van der Waals surface area (Å²) >= 11 is 0. The standard InChI is InChI=1S/C8H13NO/c1-8(2,3)7-4-6(10)5-9-7/h4-5H2,1-3H3. The molecule has 0 aromatic carbocycles. The second kappa shape index (κ2) is 2.19. The van der Waals surface area contributed by atoms with Gasteiger partial charge in [-0.1, -0.05) is 20.8 Å². The first-order chi connectivity index (χ1) is 4.50. The van der Waals surface area contributed by atoms with Crippen LogP contribution in [0.15, 0.2) is 4.99 Å². The second-order valence-electron chi connectivity index (χ2n) is 3.73. The minimum atomic E-state index is 0.0894. The molecule has 0 aromatic rings. The average molecular weight is 139 g/mol. The number of carbonyl (C=O) groups is 1. The van der Waals surface area contributed by atoms with Crippen molar-refractivity contribution in [3.05, 3.63) is 0 Å². The van der Waals surface area contributed by atoms with Gasteiger partial charge in [-0.2, -0.15) is 0 Å². The highest BCUT2D eigenvalue weighted by atomic mass is 16.1. The molecule has 0 N–H and O–H groups in total. The summed E-state index contributed by atoms with van der Waals surface area (Å²) in [5, 5.41) is 0. The molecule has 1 aliphatic rings. The van der Waals surface area contributed by atoms with E-state index in [9.17, 15) is 4.79 Å². The lowest BCUT2D eigenvalue weighted by atomic mass is 9.88. The van der Waals surface area contributed by atoms with E-state index >= 15 is 0 Å². The van der Waals surface area contributed by atoms with Crippen molar-refractivity contribution in [2.45, 2.75) is 27.2 Å². The molecule has 56 valence electrons. The Morgan fingerprint density at radius 1 is 1.40 bits per heavy atom. The molecule has 1 aliphatic heterocycles. The third-order valence-corrected chi connectivity index (χ3v) is 1.68. The fourth-order valence-corrected chi connectivity index (χ4v) is 0.985. The van der Waals surface area contributed by atoms with Crippen LogP contribution in [0.2, 0.25) is 0 Å². The molecule has 0 radical (unpaired) electrons. The van der Waals surface area contributed by atoms with E-state index in [0.29, 0.717) is 13.0 Å². The average Bonchev–Trinajstić information content (AvgIpc) is 2.11. The van der Waals surface area contributed by atoms with Gasteiger partial charge in [0.25, 0.3) is 0 Å². The molecule has 0 fully saturated rings. The third kappa shape index (κ3) is 1.43. The van der Waals surface area contributed by atoms with E-state index in [4.69, 9.17) is 0 Å². The quantitative estimate of drug-likeness (QED) is 0.499. The molecule has 0 bridgehead atoms. The zero-order valence-corrected chi connectivity index (χ0v) is 6.77. The van der Waals surface area contributed by atoms with Crippen LogP contribution in [0.5, 0.6) is 0 Å². The van der Waals surface area contributed by atoms with E-state index in [2.05, 4.69) is 25.8 Å². The van der Waals surface area contributed by atoms with E-state index in [1.165, 1.54) is 0 Å². The Kier molecular flexibility index (Phi) is 1.63. The number of rotatable bonds is 0. The molecule has 0 unspecified atom stereocenters. The van der Waals surface area contributed by atoms with Crippen molar-refractivity contribution in [2.24, 2.45) is 10.4 Å². The Bertz CT molecular complexity index is 186. The maximum Gasteiger partial charge on any atom is 0.159 e. The molecule has 0 aliphatic carbocycles. The first-order valence-electron chi connectivity index (χ1n) is 3.55. The topological polar surface area (TPSA) is 29.4 Å². The van der Waals surface area contributed by atoms with Gasteiger partial charge in [-0.3, -0.25) is 9.79 Å². The van der Waals surface area contributed by atoms with Crippen LogP contribution in [0.4, 0.5) is 0 Å². The van der Waals surface area contributed by atoms with Gasteiger partial charge < -0.3 is 0 Å². The number of Topliss-reactive ketones (excluding diaryl/α,β-unsaturated/α-hetero) is 1. The predicted octanol–water partition coefficient (Wildman–Crippen LogP) is 1.45. The smallest absolute Gasteiger partial charge is 0.159 e. The van der Waals surface area contributed by atoms with Crippen LogP contribution in [0.3, 0.4) is 0 Å². The van der Waals surface area contributed by atoms with Crippen LogP contribution in [-0.2, 0) is 4.79 Å². The Balaban J connectivity index is 2.69. The summed E-state index contributed by atoms with van der Waals surface area (Å²) in [7, 11) is 0. The summed E-state index contributed by atoms with van der Waals surface area (Å²) in [5.74, 6) is 0.255. The van der Waals surface area contributed by atoms with Gasteiger partial charge in [-0.15, -0.1) is 0 Å². The molecule has 1 heterocycles. The molecule has 2 heteroatoms. The summed E-state index contributed by atoms with van der Waals surface area (Å²) in [4.78, 5) is 14.9. The normalized spacial score (nSPS) is 19.5. The molecule has 2 nitrogen and oxygen atoms in total. The first-order valence-corrected chi connectivity index (χ1v) is 3.55. The number of hydrogen-bond acceptors (Lipinski definition) is 2. The van der Waals surface area contributed by atoms with Crippen LogP contribution >= 0.6 is 0 Å². The molecule has 0 amide bonds. The summed E-state index contributed by atoms with van der Waals surface area (Å²) < 4.78 is 0. The minimum Gasteiger partial charge on any atom is -0.297 e. The summed E-state index contributed by atoms with van der Waals surface area (Å²) in [6, 6.07) is 0. The molecule has 0 saturated carbocycles. The highest BCUT2D eigenvalue weighted by Gasteiger charge is 2.25. The fraction of sp³-hybridized carbons (Fsp3) is 0.750. The van der Waals surface area contributed by atoms with Crippen molar-refractivity contribution < 1.29 is 4.79 Å². The van der Waals surface area contributed by atoms with Crippen molar-refractivity contribution in [1.82, 2.24) is 0 Å². The van der Waals surface area contributed by atoms with Gasteiger partial charge in [-0.25, -0.2) is 0 Å². The maximum absolute atomic E-state index is 10.8. The van der Waals surface area contributed by atoms with Crippen molar-refractivity contribution in [2.75, 3.05) is 6.54 Å². The Hall–Kier alpha value is -0.660. The molecule has 0 aromatic heterocycles. The lowest BCUT2D eigenvalue weighted by Gasteiger charge is -2.17. The monoisotopic (exact) mass is 139 g/mol. The molecule has 1 rings (SSSR count). The largest absolute Gasteiger partial charge is 0.297 e. The first kappa shape index (κ1) is 7.45. The van der Waals surface area contributed by atoms with Crippen molar-refractivity contribution in [3.8, 4) is 0 Å². The van der Waals surface area contributed by atoms with Crippen molar-refractivity contribution in [3.63, 3.8) is 0 Å². The molecule has 0 atom stereocenters. The van der Waals surface area contributed by atoms with E-state index in [0.717, 1.165) is 5.71 Å². The van der Waals surface area contributed by atoms with Gasteiger partial charge >= 0.3 is 0 Å². The number of nitrogens with zero attached hydrogens (tertiary/aromatic N) is 1. The molecule has 0 saturated heterocycles. The van der Waals surface area contributed by atoms with Gasteiger partial charge in [0, 0.05) is 17.5 Å². The van der Waals surface area contributed by atoms with Crippen molar-refractivity contribution in [1.29, 1.82) is 0 Å². The highest BCUT2D eigenvalue weighted by molar-refractivity contribution is 6.09. The van der Waals surface area contributed by atoms with Gasteiger partial charge in [0.1, 0.15) is 0 Å². The molecular formula is C8H13NO. The number of hydrogen-bond donors (Lipinski definition) is 0. The van der Waals surface area contributed by atoms with Crippen LogP contribution < -0.4 is 0 Å². The molecule has 10 heavy (non-hydrogen) atoms. The van der Waals surface area contributed by atoms with Crippen molar-refractivity contribution >= 4 is 11.5 Å².